The highest BCUT2D eigenvalue weighted by Crippen LogP contribution is 2.35. The van der Waals surface area contributed by atoms with Crippen molar-refractivity contribution in [2.45, 2.75) is 6.92 Å². The van der Waals surface area contributed by atoms with Gasteiger partial charge in [-0.25, -0.2) is 4.98 Å². The maximum atomic E-state index is 5.04. The number of H-pyrrole nitrogens is 1. The van der Waals surface area contributed by atoms with Crippen molar-refractivity contribution in [2.75, 3.05) is 0 Å². The first kappa shape index (κ1) is 13.0. The first-order valence-corrected chi connectivity index (χ1v) is 8.52. The SMILES string of the molecule is Cc1cccc2c1c1ccccc1c1nc3c4ccccc4[nH]c3n21. The first-order chi connectivity index (χ1) is 12.3. The van der Waals surface area contributed by atoms with E-state index in [1.54, 1.807) is 0 Å². The molecule has 1 N–H and O–H groups in total. The number of aryl methyl sites for hydroxylation is 1. The molecule has 6 rings (SSSR count). The summed E-state index contributed by atoms with van der Waals surface area (Å²) < 4.78 is 2.28. The number of nitrogens with zero attached hydrogens (tertiary/aromatic N) is 2. The molecule has 25 heavy (non-hydrogen) atoms. The van der Waals surface area contributed by atoms with Crippen LogP contribution in [-0.4, -0.2) is 14.4 Å². The van der Waals surface area contributed by atoms with Crippen LogP contribution in [0.3, 0.4) is 0 Å². The number of rotatable bonds is 0. The molecule has 0 spiro atoms. The average Bonchev–Trinajstić information content (AvgIpc) is 3.18. The smallest absolute Gasteiger partial charge is 0.147 e. The van der Waals surface area contributed by atoms with Crippen molar-refractivity contribution in [3.05, 3.63) is 72.3 Å². The van der Waals surface area contributed by atoms with Gasteiger partial charge in [0.15, 0.2) is 0 Å². The average molecular weight is 321 g/mol. The van der Waals surface area contributed by atoms with Crippen LogP contribution in [0.5, 0.6) is 0 Å². The monoisotopic (exact) mass is 321 g/mol. The van der Waals surface area contributed by atoms with Crippen molar-refractivity contribution in [2.24, 2.45) is 0 Å². The predicted octanol–water partition coefficient (Wildman–Crippen LogP) is 5.58. The highest BCUT2D eigenvalue weighted by Gasteiger charge is 2.17. The van der Waals surface area contributed by atoms with Crippen LogP contribution >= 0.6 is 0 Å². The number of aromatic nitrogens is 3. The standard InChI is InChI=1S/C22H15N3/c1-13-7-6-12-18-19(13)14-8-2-3-9-15(14)21-24-20-16-10-4-5-11-17(16)23-22(20)25(18)21/h2-12,23H,1H3. The zero-order valence-electron chi connectivity index (χ0n) is 13.7. The van der Waals surface area contributed by atoms with Crippen LogP contribution in [0.1, 0.15) is 5.56 Å². The number of para-hydroxylation sites is 1. The van der Waals surface area contributed by atoms with E-state index in [2.05, 4.69) is 83.0 Å². The molecule has 3 heteroatoms. The molecule has 6 aromatic rings. The molecule has 0 radical (unpaired) electrons. The van der Waals surface area contributed by atoms with Crippen LogP contribution in [0, 0.1) is 6.92 Å². The van der Waals surface area contributed by atoms with Gasteiger partial charge < -0.3 is 4.98 Å². The van der Waals surface area contributed by atoms with E-state index in [4.69, 9.17) is 4.98 Å². The van der Waals surface area contributed by atoms with E-state index in [1.807, 2.05) is 0 Å². The Hall–Kier alpha value is -3.33. The van der Waals surface area contributed by atoms with Gasteiger partial charge in [-0.1, -0.05) is 54.6 Å². The minimum absolute atomic E-state index is 1.01. The maximum absolute atomic E-state index is 5.04. The Morgan fingerprint density at radius 2 is 1.56 bits per heavy atom. The number of benzene rings is 3. The molecule has 3 aromatic heterocycles. The molecule has 0 bridgehead atoms. The van der Waals surface area contributed by atoms with Crippen molar-refractivity contribution in [1.29, 1.82) is 0 Å². The van der Waals surface area contributed by atoms with Crippen LogP contribution in [0.4, 0.5) is 0 Å². The van der Waals surface area contributed by atoms with Gasteiger partial charge in [0.1, 0.15) is 16.8 Å². The predicted molar refractivity (Wildman–Crippen MR) is 104 cm³/mol. The molecule has 118 valence electrons. The van der Waals surface area contributed by atoms with Crippen LogP contribution in [0.25, 0.3) is 49.4 Å². The summed E-state index contributed by atoms with van der Waals surface area (Å²) in [6.45, 7) is 2.18. The molecule has 0 unspecified atom stereocenters. The lowest BCUT2D eigenvalue weighted by atomic mass is 10.0. The van der Waals surface area contributed by atoms with E-state index in [9.17, 15) is 0 Å². The Morgan fingerprint density at radius 3 is 2.44 bits per heavy atom. The van der Waals surface area contributed by atoms with Crippen LogP contribution < -0.4 is 0 Å². The Bertz CT molecular complexity index is 1450. The molecule has 3 nitrogen and oxygen atoms in total. The Kier molecular flexibility index (Phi) is 2.29. The van der Waals surface area contributed by atoms with Gasteiger partial charge in [0.2, 0.25) is 0 Å². The number of hydrogen-bond donors (Lipinski definition) is 1. The molecule has 0 saturated carbocycles. The third-order valence-electron chi connectivity index (χ3n) is 5.24. The molecule has 3 aromatic carbocycles. The fourth-order valence-corrected chi connectivity index (χ4v) is 4.15. The summed E-state index contributed by atoms with van der Waals surface area (Å²) in [6, 6.07) is 23.4. The van der Waals surface area contributed by atoms with E-state index in [-0.39, 0.29) is 0 Å². The van der Waals surface area contributed by atoms with Gasteiger partial charge in [0, 0.05) is 21.7 Å². The minimum Gasteiger partial charge on any atom is -0.339 e. The van der Waals surface area contributed by atoms with Crippen LogP contribution in [0.15, 0.2) is 66.7 Å². The summed E-state index contributed by atoms with van der Waals surface area (Å²) >= 11 is 0. The Labute approximate surface area is 143 Å². The number of pyridine rings is 1. The fraction of sp³-hybridized carbons (Fsp3) is 0.0455. The molecule has 0 aliphatic rings. The van der Waals surface area contributed by atoms with Gasteiger partial charge in [-0.3, -0.25) is 4.40 Å². The van der Waals surface area contributed by atoms with Gasteiger partial charge >= 0.3 is 0 Å². The normalized spacial score (nSPS) is 12.2. The first-order valence-electron chi connectivity index (χ1n) is 8.52. The zero-order valence-corrected chi connectivity index (χ0v) is 13.7. The molecule has 0 saturated heterocycles. The lowest BCUT2D eigenvalue weighted by molar-refractivity contribution is 1.27. The van der Waals surface area contributed by atoms with Gasteiger partial charge in [0.05, 0.1) is 5.52 Å². The zero-order chi connectivity index (χ0) is 16.5. The summed E-state index contributed by atoms with van der Waals surface area (Å²) in [5, 5.41) is 4.92. The van der Waals surface area contributed by atoms with Crippen molar-refractivity contribution in [3.63, 3.8) is 0 Å². The Balaban J connectivity index is 2.03. The molecule has 0 fully saturated rings. The number of nitrogens with one attached hydrogen (secondary N) is 1. The number of aromatic amines is 1. The highest BCUT2D eigenvalue weighted by molar-refractivity contribution is 6.16. The van der Waals surface area contributed by atoms with Gasteiger partial charge in [-0.15, -0.1) is 0 Å². The summed E-state index contributed by atoms with van der Waals surface area (Å²) in [7, 11) is 0. The van der Waals surface area contributed by atoms with Crippen molar-refractivity contribution in [1.82, 2.24) is 14.4 Å². The van der Waals surface area contributed by atoms with Crippen LogP contribution in [0.2, 0.25) is 0 Å². The third kappa shape index (κ3) is 1.53. The van der Waals surface area contributed by atoms with E-state index in [0.717, 1.165) is 22.3 Å². The lowest BCUT2D eigenvalue weighted by Crippen LogP contribution is -1.93. The molecule has 0 aliphatic carbocycles. The highest BCUT2D eigenvalue weighted by atomic mass is 15.1. The minimum atomic E-state index is 1.01. The summed E-state index contributed by atoms with van der Waals surface area (Å²) in [5.41, 5.74) is 6.73. The quantitative estimate of drug-likeness (QED) is 0.364. The number of imidazole rings is 1. The van der Waals surface area contributed by atoms with Crippen molar-refractivity contribution >= 4 is 49.4 Å². The van der Waals surface area contributed by atoms with E-state index in [1.165, 1.54) is 32.6 Å². The van der Waals surface area contributed by atoms with E-state index >= 15 is 0 Å². The largest absolute Gasteiger partial charge is 0.339 e. The molecule has 0 aliphatic heterocycles. The van der Waals surface area contributed by atoms with E-state index < -0.39 is 0 Å². The maximum Gasteiger partial charge on any atom is 0.147 e. The number of fused-ring (bicyclic) bond motifs is 10. The fourth-order valence-electron chi connectivity index (χ4n) is 4.15. The summed E-state index contributed by atoms with van der Waals surface area (Å²) in [5.74, 6) is 0. The molecular weight excluding hydrogens is 306 g/mol. The Morgan fingerprint density at radius 1 is 0.800 bits per heavy atom. The molecule has 3 heterocycles. The van der Waals surface area contributed by atoms with Crippen molar-refractivity contribution in [3.8, 4) is 0 Å². The van der Waals surface area contributed by atoms with E-state index in [0.29, 0.717) is 0 Å². The van der Waals surface area contributed by atoms with Gasteiger partial charge in [-0.2, -0.15) is 0 Å². The van der Waals surface area contributed by atoms with Gasteiger partial charge in [-0.05, 0) is 30.0 Å². The summed E-state index contributed by atoms with van der Waals surface area (Å²) in [6.07, 6.45) is 0. The van der Waals surface area contributed by atoms with Gasteiger partial charge in [0.25, 0.3) is 0 Å². The summed E-state index contributed by atoms with van der Waals surface area (Å²) in [4.78, 5) is 8.62. The van der Waals surface area contributed by atoms with Crippen molar-refractivity contribution < 1.29 is 0 Å². The lowest BCUT2D eigenvalue weighted by Gasteiger charge is -2.10. The topological polar surface area (TPSA) is 33.1 Å². The molecule has 0 amide bonds. The molecule has 0 atom stereocenters. The third-order valence-corrected chi connectivity index (χ3v) is 5.24. The molecular formula is C22H15N3. The van der Waals surface area contributed by atoms with Crippen LogP contribution in [-0.2, 0) is 0 Å². The number of hydrogen-bond acceptors (Lipinski definition) is 1. The second-order valence-electron chi connectivity index (χ2n) is 6.65. The second-order valence-corrected chi connectivity index (χ2v) is 6.65. The second kappa shape index (κ2) is 4.39.